The van der Waals surface area contributed by atoms with Crippen LogP contribution in [0.5, 0.6) is 0 Å². The Morgan fingerprint density at radius 2 is 1.28 bits per heavy atom. The number of hydrogen-bond acceptors (Lipinski definition) is 11. The Hall–Kier alpha value is -2.24. The molecule has 1 heterocycles. The third kappa shape index (κ3) is 6.29. The van der Waals surface area contributed by atoms with Gasteiger partial charge in [-0.25, -0.2) is 5.90 Å². The molecule has 142 valence electrons. The topological polar surface area (TPSA) is 150 Å². The van der Waals surface area contributed by atoms with Gasteiger partial charge in [-0.15, -0.1) is 0 Å². The average molecular weight is 363 g/mol. The number of rotatable bonds is 6. The highest BCUT2D eigenvalue weighted by Gasteiger charge is 2.52. The molecule has 1 aliphatic rings. The Balaban J connectivity index is 3.18. The first-order chi connectivity index (χ1) is 11.6. The van der Waals surface area contributed by atoms with Gasteiger partial charge in [0.15, 0.2) is 18.3 Å². The lowest BCUT2D eigenvalue weighted by Crippen LogP contribution is -2.63. The van der Waals surface area contributed by atoms with Crippen molar-refractivity contribution in [3.8, 4) is 0 Å². The van der Waals surface area contributed by atoms with E-state index in [9.17, 15) is 19.2 Å². The first-order valence-corrected chi connectivity index (χ1v) is 7.31. The van der Waals surface area contributed by atoms with Crippen LogP contribution in [0.4, 0.5) is 0 Å². The molecule has 1 saturated heterocycles. The van der Waals surface area contributed by atoms with Crippen molar-refractivity contribution in [3.05, 3.63) is 0 Å². The van der Waals surface area contributed by atoms with Crippen molar-refractivity contribution in [1.29, 1.82) is 0 Å². The minimum Gasteiger partial charge on any atom is -0.463 e. The summed E-state index contributed by atoms with van der Waals surface area (Å²) in [4.78, 5) is 49.9. The van der Waals surface area contributed by atoms with Crippen LogP contribution in [0, 0.1) is 0 Å². The van der Waals surface area contributed by atoms with E-state index in [4.69, 9.17) is 29.6 Å². The molecule has 0 amide bonds. The molecule has 25 heavy (non-hydrogen) atoms. The van der Waals surface area contributed by atoms with Gasteiger partial charge in [0, 0.05) is 27.7 Å². The van der Waals surface area contributed by atoms with E-state index >= 15 is 0 Å². The summed E-state index contributed by atoms with van der Waals surface area (Å²) in [6, 6.07) is 0. The van der Waals surface area contributed by atoms with E-state index in [0.717, 1.165) is 20.8 Å². The van der Waals surface area contributed by atoms with Crippen molar-refractivity contribution in [2.24, 2.45) is 5.90 Å². The molecule has 1 rings (SSSR count). The van der Waals surface area contributed by atoms with Crippen molar-refractivity contribution in [1.82, 2.24) is 0 Å². The van der Waals surface area contributed by atoms with Crippen LogP contribution in [0.2, 0.25) is 0 Å². The lowest BCUT2D eigenvalue weighted by atomic mass is 9.98. The van der Waals surface area contributed by atoms with Crippen LogP contribution >= 0.6 is 0 Å². The molecule has 2 N–H and O–H groups in total. The molecule has 0 aromatic heterocycles. The van der Waals surface area contributed by atoms with E-state index in [1.54, 1.807) is 0 Å². The van der Waals surface area contributed by atoms with Crippen LogP contribution in [-0.2, 0) is 47.7 Å². The van der Waals surface area contributed by atoms with Gasteiger partial charge >= 0.3 is 23.9 Å². The maximum Gasteiger partial charge on any atom is 0.303 e. The number of hydrogen-bond donors (Lipinski definition) is 1. The Morgan fingerprint density at radius 3 is 1.72 bits per heavy atom. The minimum absolute atomic E-state index is 0.336. The quantitative estimate of drug-likeness (QED) is 0.350. The molecule has 0 spiro atoms. The van der Waals surface area contributed by atoms with Gasteiger partial charge in [-0.05, 0) is 0 Å². The van der Waals surface area contributed by atoms with Gasteiger partial charge in [0.1, 0.15) is 12.7 Å². The third-order valence-corrected chi connectivity index (χ3v) is 3.08. The predicted octanol–water partition coefficient (Wildman–Crippen LogP) is -1.04. The number of ether oxygens (including phenoxy) is 5. The van der Waals surface area contributed by atoms with Gasteiger partial charge in [0.2, 0.25) is 6.29 Å². The summed E-state index contributed by atoms with van der Waals surface area (Å²) >= 11 is 0. The summed E-state index contributed by atoms with van der Waals surface area (Å²) in [5.41, 5.74) is 0. The van der Waals surface area contributed by atoms with Crippen LogP contribution in [0.3, 0.4) is 0 Å². The summed E-state index contributed by atoms with van der Waals surface area (Å²) < 4.78 is 25.6. The van der Waals surface area contributed by atoms with Crippen molar-refractivity contribution in [3.63, 3.8) is 0 Å². The first-order valence-electron chi connectivity index (χ1n) is 7.31. The third-order valence-electron chi connectivity index (χ3n) is 3.08. The molecular formula is C14H21NO10. The summed E-state index contributed by atoms with van der Waals surface area (Å²) in [6.07, 6.45) is -6.23. The molecule has 0 radical (unpaired) electrons. The van der Waals surface area contributed by atoms with Gasteiger partial charge < -0.3 is 23.7 Å². The Labute approximate surface area is 143 Å². The Kier molecular flexibility index (Phi) is 7.74. The van der Waals surface area contributed by atoms with E-state index in [1.165, 1.54) is 6.92 Å². The van der Waals surface area contributed by atoms with Gasteiger partial charge in [-0.3, -0.25) is 24.0 Å². The SMILES string of the molecule is CC(=O)OC[C@H]1O[C@H](ON)[C@H](OC(C)=O)[C@@H](OC(C)=O)[C@@H]1OC(C)=O. The van der Waals surface area contributed by atoms with Crippen molar-refractivity contribution in [2.45, 2.75) is 58.4 Å². The van der Waals surface area contributed by atoms with Crippen LogP contribution in [0.15, 0.2) is 0 Å². The van der Waals surface area contributed by atoms with Crippen molar-refractivity contribution >= 4 is 23.9 Å². The predicted molar refractivity (Wildman–Crippen MR) is 77.2 cm³/mol. The molecule has 5 atom stereocenters. The zero-order chi connectivity index (χ0) is 19.1. The monoisotopic (exact) mass is 363 g/mol. The van der Waals surface area contributed by atoms with Gasteiger partial charge in [0.25, 0.3) is 0 Å². The number of nitrogens with two attached hydrogens (primary N) is 1. The fraction of sp³-hybridized carbons (Fsp3) is 0.714. The zero-order valence-electron chi connectivity index (χ0n) is 14.3. The molecule has 0 bridgehead atoms. The highest BCUT2D eigenvalue weighted by Crippen LogP contribution is 2.29. The van der Waals surface area contributed by atoms with E-state index < -0.39 is 54.6 Å². The van der Waals surface area contributed by atoms with E-state index in [0.29, 0.717) is 0 Å². The summed E-state index contributed by atoms with van der Waals surface area (Å²) in [6.45, 7) is 4.19. The lowest BCUT2D eigenvalue weighted by Gasteiger charge is -2.43. The molecule has 11 nitrogen and oxygen atoms in total. The molecule has 0 aromatic carbocycles. The maximum atomic E-state index is 11.4. The average Bonchev–Trinajstić information content (AvgIpc) is 2.48. The van der Waals surface area contributed by atoms with Crippen molar-refractivity contribution < 1.29 is 47.7 Å². The number of carbonyl (C=O) groups excluding carboxylic acids is 4. The number of carbonyl (C=O) groups is 4. The molecule has 0 unspecified atom stereocenters. The van der Waals surface area contributed by atoms with Crippen LogP contribution in [-0.4, -0.2) is 61.2 Å². The second-order valence-corrected chi connectivity index (χ2v) is 5.20. The molecule has 1 fully saturated rings. The number of esters is 4. The molecule has 0 saturated carbocycles. The minimum atomic E-state index is -1.35. The Morgan fingerprint density at radius 1 is 0.800 bits per heavy atom. The standard InChI is InChI=1S/C14H21NO10/c1-6(16)20-5-10-11(21-7(2)17)12(22-8(3)18)13(23-9(4)19)14(24-10)25-15/h10-14H,5,15H2,1-4H3/t10-,11-,12+,13-,14-/m1/s1. The van der Waals surface area contributed by atoms with E-state index in [-0.39, 0.29) is 6.61 Å². The highest BCUT2D eigenvalue weighted by atomic mass is 16.8. The normalized spacial score (nSPS) is 28.6. The lowest BCUT2D eigenvalue weighted by molar-refractivity contribution is -0.309. The van der Waals surface area contributed by atoms with Crippen LogP contribution in [0.1, 0.15) is 27.7 Å². The second kappa shape index (κ2) is 9.30. The fourth-order valence-electron chi connectivity index (χ4n) is 2.30. The second-order valence-electron chi connectivity index (χ2n) is 5.20. The van der Waals surface area contributed by atoms with E-state index in [2.05, 4.69) is 4.84 Å². The van der Waals surface area contributed by atoms with Crippen LogP contribution < -0.4 is 5.90 Å². The molecule has 11 heteroatoms. The smallest absolute Gasteiger partial charge is 0.303 e. The molecular weight excluding hydrogens is 342 g/mol. The van der Waals surface area contributed by atoms with Crippen LogP contribution in [0.25, 0.3) is 0 Å². The maximum absolute atomic E-state index is 11.4. The highest BCUT2D eigenvalue weighted by molar-refractivity contribution is 5.68. The largest absolute Gasteiger partial charge is 0.463 e. The summed E-state index contributed by atoms with van der Waals surface area (Å²) in [5.74, 6) is 2.37. The van der Waals surface area contributed by atoms with Gasteiger partial charge in [0.05, 0.1) is 0 Å². The van der Waals surface area contributed by atoms with Gasteiger partial charge in [-0.1, -0.05) is 0 Å². The first kappa shape index (κ1) is 20.8. The Bertz CT molecular complexity index is 522. The zero-order valence-corrected chi connectivity index (χ0v) is 14.3. The van der Waals surface area contributed by atoms with E-state index in [1.807, 2.05) is 0 Å². The molecule has 1 aliphatic heterocycles. The summed E-state index contributed by atoms with van der Waals surface area (Å²) in [7, 11) is 0. The molecule has 0 aliphatic carbocycles. The van der Waals surface area contributed by atoms with Gasteiger partial charge in [-0.2, -0.15) is 0 Å². The van der Waals surface area contributed by atoms with Crippen molar-refractivity contribution in [2.75, 3.05) is 6.61 Å². The molecule has 0 aromatic rings. The summed E-state index contributed by atoms with van der Waals surface area (Å²) in [5, 5.41) is 0. The fourth-order valence-corrected chi connectivity index (χ4v) is 2.30.